The monoisotopic (exact) mass is 772 g/mol. The van der Waals surface area contributed by atoms with E-state index in [0.29, 0.717) is 5.56 Å². The van der Waals surface area contributed by atoms with Crippen molar-refractivity contribution >= 4 is 35.6 Å². The van der Waals surface area contributed by atoms with E-state index in [1.807, 2.05) is 48.5 Å². The lowest BCUT2D eigenvalue weighted by atomic mass is 9.67. The molecule has 0 radical (unpaired) electrons. The first-order valence-electron chi connectivity index (χ1n) is 18.8. The highest BCUT2D eigenvalue weighted by Gasteiger charge is 2.58. The lowest BCUT2D eigenvalue weighted by molar-refractivity contribution is -0.177. The Morgan fingerprint density at radius 3 is 1.73 bits per heavy atom. The van der Waals surface area contributed by atoms with Crippen molar-refractivity contribution in [2.24, 2.45) is 16.7 Å². The van der Waals surface area contributed by atoms with Crippen LogP contribution >= 0.6 is 0 Å². The minimum absolute atomic E-state index is 0.185. The van der Waals surface area contributed by atoms with Gasteiger partial charge in [-0.2, -0.15) is 0 Å². The summed E-state index contributed by atoms with van der Waals surface area (Å²) in [5.74, 6) is -4.58. The smallest absolute Gasteiger partial charge is 0.337 e. The molecule has 0 bridgehead atoms. The predicted octanol–water partition coefficient (Wildman–Crippen LogP) is 5.66. The molecule has 1 unspecified atom stereocenters. The number of likely N-dealkylation sites (N-methyl/N-ethyl adjacent to an activating group) is 2. The van der Waals surface area contributed by atoms with Crippen molar-refractivity contribution in [3.8, 4) is 0 Å². The van der Waals surface area contributed by atoms with E-state index in [4.69, 9.17) is 4.74 Å². The SMILES string of the molecule is CNC(C(=O)N[C@H](C(=O)N(C)[C@H](/C=C(\C)C(=O)N(C(C)(C)C)[C@](CCC(=O)O)(C(=O)O)C(C)(C)C)C(C)C)C(C)(C)C)C(C)(C)c1ccc(C(=O)OC)cc1. The van der Waals surface area contributed by atoms with Crippen LogP contribution in [0.3, 0.4) is 0 Å². The van der Waals surface area contributed by atoms with Crippen LogP contribution in [-0.2, 0) is 34.1 Å². The van der Waals surface area contributed by atoms with Gasteiger partial charge in [0.25, 0.3) is 5.91 Å². The number of hydrogen-bond acceptors (Lipinski definition) is 8. The van der Waals surface area contributed by atoms with E-state index < -0.39 is 87.5 Å². The average Bonchev–Trinajstić information content (AvgIpc) is 3.04. The fourth-order valence-corrected chi connectivity index (χ4v) is 7.30. The number of hydrogen-bond donors (Lipinski definition) is 4. The number of nitrogens with one attached hydrogen (secondary N) is 2. The Morgan fingerprint density at radius 1 is 0.855 bits per heavy atom. The van der Waals surface area contributed by atoms with E-state index in [-0.39, 0.29) is 17.9 Å². The number of ether oxygens (including phenoxy) is 1. The molecule has 0 saturated heterocycles. The topological polar surface area (TPSA) is 183 Å². The maximum Gasteiger partial charge on any atom is 0.337 e. The number of carboxylic acids is 2. The van der Waals surface area contributed by atoms with E-state index in [1.165, 1.54) is 16.9 Å². The standard InChI is InChI=1S/C42H68N4O9/c1-25(2)29(24-26(3)34(50)46(40(10,11)12)42(37(53)54,39(7,8)9)23-22-30(47)48)45(16)35(51)32(38(4,5)6)44-33(49)31(43-15)41(13,14)28-20-18-27(19-21-28)36(52)55-17/h18-21,24-25,29,31-32,43H,22-23H2,1-17H3,(H,44,49)(H,47,48)(H,53,54)/b26-24+/t29-,31?,32-,42-/m1/s1. The van der Waals surface area contributed by atoms with Crippen LogP contribution in [0.5, 0.6) is 0 Å². The summed E-state index contributed by atoms with van der Waals surface area (Å²) in [6.45, 7) is 24.9. The van der Waals surface area contributed by atoms with Gasteiger partial charge in [0.1, 0.15) is 11.6 Å². The number of esters is 1. The van der Waals surface area contributed by atoms with E-state index in [0.717, 1.165) is 5.56 Å². The average molecular weight is 773 g/mol. The van der Waals surface area contributed by atoms with E-state index >= 15 is 0 Å². The first kappa shape index (κ1) is 48.8. The number of aliphatic carboxylic acids is 2. The second-order valence-corrected chi connectivity index (χ2v) is 18.5. The molecule has 13 nitrogen and oxygen atoms in total. The molecule has 55 heavy (non-hydrogen) atoms. The minimum Gasteiger partial charge on any atom is -0.481 e. The minimum atomic E-state index is -1.90. The molecule has 1 rings (SSSR count). The van der Waals surface area contributed by atoms with Crippen molar-refractivity contribution in [3.63, 3.8) is 0 Å². The summed E-state index contributed by atoms with van der Waals surface area (Å²) in [7, 11) is 4.58. The van der Waals surface area contributed by atoms with Gasteiger partial charge in [0, 0.05) is 30.0 Å². The molecule has 0 aliphatic rings. The highest BCUT2D eigenvalue weighted by Crippen LogP contribution is 2.44. The lowest BCUT2D eigenvalue weighted by Gasteiger charge is -2.54. The van der Waals surface area contributed by atoms with Crippen molar-refractivity contribution in [2.75, 3.05) is 21.2 Å². The number of nitrogens with zero attached hydrogens (tertiary/aromatic N) is 2. The lowest BCUT2D eigenvalue weighted by Crippen LogP contribution is -2.69. The van der Waals surface area contributed by atoms with E-state index in [2.05, 4.69) is 10.6 Å². The molecule has 0 fully saturated rings. The second kappa shape index (κ2) is 18.1. The van der Waals surface area contributed by atoms with Gasteiger partial charge < -0.3 is 35.4 Å². The summed E-state index contributed by atoms with van der Waals surface area (Å²) in [5.41, 5.74) is -4.21. The Balaban J connectivity index is 3.70. The zero-order chi connectivity index (χ0) is 43.2. The molecule has 4 atom stereocenters. The van der Waals surface area contributed by atoms with Crippen LogP contribution in [0.25, 0.3) is 0 Å². The zero-order valence-electron chi connectivity index (χ0n) is 36.3. The van der Waals surface area contributed by atoms with Gasteiger partial charge >= 0.3 is 17.9 Å². The molecule has 0 aliphatic carbocycles. The molecule has 3 amide bonds. The molecule has 310 valence electrons. The molecule has 0 saturated carbocycles. The first-order valence-corrected chi connectivity index (χ1v) is 18.8. The van der Waals surface area contributed by atoms with Crippen LogP contribution in [0.4, 0.5) is 0 Å². The van der Waals surface area contributed by atoms with E-state index in [1.54, 1.807) is 92.9 Å². The van der Waals surface area contributed by atoms with Gasteiger partial charge in [-0.05, 0) is 75.6 Å². The van der Waals surface area contributed by atoms with Gasteiger partial charge in [0.2, 0.25) is 11.8 Å². The summed E-state index contributed by atoms with van der Waals surface area (Å²) < 4.78 is 4.81. The molecular weight excluding hydrogens is 704 g/mol. The first-order chi connectivity index (χ1) is 24.8. The second-order valence-electron chi connectivity index (χ2n) is 18.5. The Hall–Kier alpha value is -4.26. The van der Waals surface area contributed by atoms with Gasteiger partial charge in [0.05, 0.1) is 24.8 Å². The van der Waals surface area contributed by atoms with Gasteiger partial charge in [-0.25, -0.2) is 9.59 Å². The third-order valence-electron chi connectivity index (χ3n) is 10.5. The highest BCUT2D eigenvalue weighted by atomic mass is 16.5. The van der Waals surface area contributed by atoms with Crippen LogP contribution in [-0.4, -0.2) is 106 Å². The number of carboxylic acid groups (broad SMARTS) is 2. The fourth-order valence-electron chi connectivity index (χ4n) is 7.30. The molecular formula is C42H68N4O9. The number of carbonyl (C=O) groups is 6. The van der Waals surface area contributed by atoms with Crippen molar-refractivity contribution < 1.29 is 43.7 Å². The molecule has 0 spiro atoms. The van der Waals surface area contributed by atoms with Crippen LogP contribution in [0.15, 0.2) is 35.9 Å². The number of carbonyl (C=O) groups excluding carboxylic acids is 4. The molecule has 0 aromatic heterocycles. The van der Waals surface area contributed by atoms with Gasteiger partial charge in [-0.1, -0.05) is 87.4 Å². The third-order valence-corrected chi connectivity index (χ3v) is 10.5. The molecule has 0 heterocycles. The molecule has 0 aliphatic heterocycles. The third kappa shape index (κ3) is 11.2. The van der Waals surface area contributed by atoms with Gasteiger partial charge in [0.15, 0.2) is 0 Å². The quantitative estimate of drug-likeness (QED) is 0.121. The van der Waals surface area contributed by atoms with Crippen molar-refractivity contribution in [2.45, 2.75) is 144 Å². The van der Waals surface area contributed by atoms with Gasteiger partial charge in [-0.3, -0.25) is 19.2 Å². The largest absolute Gasteiger partial charge is 0.481 e. The van der Waals surface area contributed by atoms with Crippen molar-refractivity contribution in [1.29, 1.82) is 0 Å². The Labute approximate surface area is 328 Å². The number of amides is 3. The number of benzene rings is 1. The Kier molecular flexibility index (Phi) is 16.1. The Morgan fingerprint density at radius 2 is 1.36 bits per heavy atom. The summed E-state index contributed by atoms with van der Waals surface area (Å²) in [6.07, 6.45) is 0.861. The normalized spacial score (nSPS) is 15.6. The maximum absolute atomic E-state index is 14.6. The van der Waals surface area contributed by atoms with Crippen LogP contribution in [0.2, 0.25) is 0 Å². The molecule has 13 heteroatoms. The molecule has 1 aromatic carbocycles. The van der Waals surface area contributed by atoms with E-state index in [9.17, 15) is 39.0 Å². The van der Waals surface area contributed by atoms with Crippen molar-refractivity contribution in [1.82, 2.24) is 20.4 Å². The van der Waals surface area contributed by atoms with Crippen LogP contribution in [0, 0.1) is 16.7 Å². The summed E-state index contributed by atoms with van der Waals surface area (Å²) in [5, 5.41) is 26.5. The predicted molar refractivity (Wildman–Crippen MR) is 213 cm³/mol. The molecule has 1 aromatic rings. The van der Waals surface area contributed by atoms with Gasteiger partial charge in [-0.15, -0.1) is 0 Å². The molecule has 4 N–H and O–H groups in total. The zero-order valence-corrected chi connectivity index (χ0v) is 36.3. The summed E-state index contributed by atoms with van der Waals surface area (Å²) >= 11 is 0. The fraction of sp³-hybridized carbons (Fsp3) is 0.667. The summed E-state index contributed by atoms with van der Waals surface area (Å²) in [6, 6.07) is 4.37. The van der Waals surface area contributed by atoms with Crippen LogP contribution in [0.1, 0.15) is 126 Å². The Bertz CT molecular complexity index is 1590. The maximum atomic E-state index is 14.6. The van der Waals surface area contributed by atoms with Crippen molar-refractivity contribution in [3.05, 3.63) is 47.0 Å². The summed E-state index contributed by atoms with van der Waals surface area (Å²) in [4.78, 5) is 82.9. The van der Waals surface area contributed by atoms with Crippen LogP contribution < -0.4 is 10.6 Å². The number of methoxy groups -OCH3 is 1. The number of rotatable bonds is 16. The highest BCUT2D eigenvalue weighted by molar-refractivity contribution is 5.98.